The van der Waals surface area contributed by atoms with Crippen LogP contribution in [0.4, 0.5) is 0 Å². The Hall–Kier alpha value is -1.26. The number of sulfonamides is 1. The number of nitrogens with one attached hydrogen (secondary N) is 1. The molecule has 27 heavy (non-hydrogen) atoms. The van der Waals surface area contributed by atoms with Crippen molar-refractivity contribution in [1.82, 2.24) is 14.5 Å². The molecule has 9 heteroatoms. The van der Waals surface area contributed by atoms with Crippen LogP contribution in [0.5, 0.6) is 0 Å². The highest BCUT2D eigenvalue weighted by Crippen LogP contribution is 2.19. The third-order valence-electron chi connectivity index (χ3n) is 4.69. The first-order valence-corrected chi connectivity index (χ1v) is 12.3. The van der Waals surface area contributed by atoms with Crippen molar-refractivity contribution < 1.29 is 13.2 Å². The van der Waals surface area contributed by atoms with Crippen molar-refractivity contribution in [3.63, 3.8) is 0 Å². The molecule has 3 rings (SSSR count). The van der Waals surface area contributed by atoms with Crippen molar-refractivity contribution in [2.45, 2.75) is 36.6 Å². The molecular formula is C18H25N3O3S3. The standard InChI is InChI=1S/C18H25N3O3S3/c1-2-21(13-16-5-3-11-25-16)17(22)14-20-9-7-15(8-10-20)19-27(23,24)18-6-4-12-26-18/h3-6,11-12,15,19H,2,7-10,13-14H2,1H3. The van der Waals surface area contributed by atoms with E-state index in [9.17, 15) is 13.2 Å². The molecule has 0 aliphatic carbocycles. The van der Waals surface area contributed by atoms with E-state index in [4.69, 9.17) is 0 Å². The summed E-state index contributed by atoms with van der Waals surface area (Å²) in [6.07, 6.45) is 1.43. The molecule has 2 aromatic rings. The zero-order valence-corrected chi connectivity index (χ0v) is 17.8. The van der Waals surface area contributed by atoms with Crippen LogP contribution in [0.1, 0.15) is 24.6 Å². The second-order valence-corrected chi connectivity index (χ2v) is 10.5. The van der Waals surface area contributed by atoms with Gasteiger partial charge in [0, 0.05) is 30.6 Å². The lowest BCUT2D eigenvalue weighted by molar-refractivity contribution is -0.133. The maximum Gasteiger partial charge on any atom is 0.250 e. The molecule has 1 amide bonds. The van der Waals surface area contributed by atoms with E-state index >= 15 is 0 Å². The predicted octanol–water partition coefficient (Wildman–Crippen LogP) is 2.60. The highest BCUT2D eigenvalue weighted by atomic mass is 32.2. The molecule has 1 N–H and O–H groups in total. The van der Waals surface area contributed by atoms with E-state index in [-0.39, 0.29) is 11.9 Å². The van der Waals surface area contributed by atoms with E-state index in [1.807, 2.05) is 29.3 Å². The van der Waals surface area contributed by atoms with E-state index in [1.54, 1.807) is 28.8 Å². The van der Waals surface area contributed by atoms with Crippen LogP contribution >= 0.6 is 22.7 Å². The first-order chi connectivity index (χ1) is 13.0. The van der Waals surface area contributed by atoms with Gasteiger partial charge in [-0.1, -0.05) is 12.1 Å². The van der Waals surface area contributed by atoms with Crippen LogP contribution in [-0.2, 0) is 21.4 Å². The number of thiophene rings is 2. The normalized spacial score (nSPS) is 16.5. The molecule has 1 fully saturated rings. The number of hydrogen-bond donors (Lipinski definition) is 1. The number of carbonyl (C=O) groups is 1. The molecule has 0 aromatic carbocycles. The van der Waals surface area contributed by atoms with Gasteiger partial charge >= 0.3 is 0 Å². The van der Waals surface area contributed by atoms with E-state index in [2.05, 4.69) is 9.62 Å². The van der Waals surface area contributed by atoms with Gasteiger partial charge in [0.25, 0.3) is 0 Å². The highest BCUT2D eigenvalue weighted by Gasteiger charge is 2.26. The Morgan fingerprint density at radius 2 is 1.93 bits per heavy atom. The van der Waals surface area contributed by atoms with Gasteiger partial charge in [-0.2, -0.15) is 0 Å². The van der Waals surface area contributed by atoms with E-state index in [0.29, 0.717) is 23.8 Å². The van der Waals surface area contributed by atoms with Crippen molar-refractivity contribution in [2.75, 3.05) is 26.2 Å². The van der Waals surface area contributed by atoms with Gasteiger partial charge in [-0.25, -0.2) is 13.1 Å². The lowest BCUT2D eigenvalue weighted by Gasteiger charge is -2.33. The molecule has 0 bridgehead atoms. The number of hydrogen-bond acceptors (Lipinski definition) is 6. The van der Waals surface area contributed by atoms with Crippen molar-refractivity contribution in [3.8, 4) is 0 Å². The van der Waals surface area contributed by atoms with E-state index < -0.39 is 10.0 Å². The van der Waals surface area contributed by atoms with Gasteiger partial charge in [0.05, 0.1) is 13.1 Å². The molecule has 3 heterocycles. The lowest BCUT2D eigenvalue weighted by atomic mass is 10.1. The van der Waals surface area contributed by atoms with Gasteiger partial charge in [0.2, 0.25) is 15.9 Å². The molecule has 1 aliphatic rings. The molecule has 0 spiro atoms. The summed E-state index contributed by atoms with van der Waals surface area (Å²) < 4.78 is 27.8. The number of nitrogens with zero attached hydrogens (tertiary/aromatic N) is 2. The number of rotatable bonds is 8. The predicted molar refractivity (Wildman–Crippen MR) is 110 cm³/mol. The summed E-state index contributed by atoms with van der Waals surface area (Å²) in [6, 6.07) is 7.33. The van der Waals surface area contributed by atoms with Gasteiger partial charge in [-0.05, 0) is 42.7 Å². The largest absolute Gasteiger partial charge is 0.337 e. The van der Waals surface area contributed by atoms with Gasteiger partial charge < -0.3 is 4.90 Å². The molecule has 0 unspecified atom stereocenters. The number of likely N-dealkylation sites (tertiary alicyclic amines) is 1. The van der Waals surface area contributed by atoms with Crippen LogP contribution in [-0.4, -0.2) is 56.3 Å². The summed E-state index contributed by atoms with van der Waals surface area (Å²) in [6.45, 7) is 5.18. The Kier molecular flexibility index (Phi) is 7.04. The third-order valence-corrected chi connectivity index (χ3v) is 8.47. The van der Waals surface area contributed by atoms with Gasteiger partial charge in [-0.15, -0.1) is 22.7 Å². The molecular weight excluding hydrogens is 402 g/mol. The van der Waals surface area contributed by atoms with Crippen molar-refractivity contribution in [3.05, 3.63) is 39.9 Å². The Labute approximate surface area is 168 Å². The fraction of sp³-hybridized carbons (Fsp3) is 0.500. The van der Waals surface area contributed by atoms with Gasteiger partial charge in [-0.3, -0.25) is 9.69 Å². The fourth-order valence-electron chi connectivity index (χ4n) is 3.16. The van der Waals surface area contributed by atoms with Crippen molar-refractivity contribution in [1.29, 1.82) is 0 Å². The number of piperidine rings is 1. The average Bonchev–Trinajstić information content (AvgIpc) is 3.35. The number of amides is 1. The smallest absolute Gasteiger partial charge is 0.250 e. The molecule has 2 aromatic heterocycles. The SMILES string of the molecule is CCN(Cc1cccs1)C(=O)CN1CCC(NS(=O)(=O)c2cccs2)CC1. The topological polar surface area (TPSA) is 69.7 Å². The zero-order chi connectivity index (χ0) is 19.3. The summed E-state index contributed by atoms with van der Waals surface area (Å²) in [4.78, 5) is 17.8. The van der Waals surface area contributed by atoms with E-state index in [1.165, 1.54) is 16.2 Å². The first kappa shape index (κ1) is 20.5. The Balaban J connectivity index is 1.46. The second kappa shape index (κ2) is 9.29. The average molecular weight is 428 g/mol. The highest BCUT2D eigenvalue weighted by molar-refractivity contribution is 7.91. The van der Waals surface area contributed by atoms with Crippen LogP contribution in [0.25, 0.3) is 0 Å². The van der Waals surface area contributed by atoms with Crippen molar-refractivity contribution in [2.24, 2.45) is 0 Å². The minimum absolute atomic E-state index is 0.0724. The molecule has 0 atom stereocenters. The van der Waals surface area contributed by atoms with Crippen LogP contribution < -0.4 is 4.72 Å². The molecule has 1 aliphatic heterocycles. The number of likely N-dealkylation sites (N-methyl/N-ethyl adjacent to an activating group) is 1. The van der Waals surface area contributed by atoms with E-state index in [0.717, 1.165) is 25.9 Å². The maximum absolute atomic E-state index is 12.6. The summed E-state index contributed by atoms with van der Waals surface area (Å²) >= 11 is 2.89. The monoisotopic (exact) mass is 427 g/mol. The third kappa shape index (κ3) is 5.61. The Morgan fingerprint density at radius 3 is 2.52 bits per heavy atom. The summed E-state index contributed by atoms with van der Waals surface area (Å²) in [5, 5.41) is 3.79. The minimum atomic E-state index is -3.43. The van der Waals surface area contributed by atoms with Gasteiger partial charge in [0.1, 0.15) is 4.21 Å². The maximum atomic E-state index is 12.6. The molecule has 1 saturated heterocycles. The molecule has 6 nitrogen and oxygen atoms in total. The lowest BCUT2D eigenvalue weighted by Crippen LogP contribution is -2.47. The molecule has 0 radical (unpaired) electrons. The Bertz CT molecular complexity index is 811. The van der Waals surface area contributed by atoms with Gasteiger partial charge in [0.15, 0.2) is 0 Å². The molecule has 0 saturated carbocycles. The summed E-state index contributed by atoms with van der Waals surface area (Å²) in [7, 11) is -3.43. The quantitative estimate of drug-likeness (QED) is 0.703. The summed E-state index contributed by atoms with van der Waals surface area (Å²) in [5.74, 6) is 0.128. The fourth-order valence-corrected chi connectivity index (χ4v) is 6.20. The summed E-state index contributed by atoms with van der Waals surface area (Å²) in [5.41, 5.74) is 0. The van der Waals surface area contributed by atoms with Crippen LogP contribution in [0.2, 0.25) is 0 Å². The van der Waals surface area contributed by atoms with Crippen molar-refractivity contribution >= 4 is 38.6 Å². The first-order valence-electron chi connectivity index (χ1n) is 9.06. The van der Waals surface area contributed by atoms with Crippen LogP contribution in [0, 0.1) is 0 Å². The zero-order valence-electron chi connectivity index (χ0n) is 15.3. The Morgan fingerprint density at radius 1 is 1.22 bits per heavy atom. The van der Waals surface area contributed by atoms with Crippen LogP contribution in [0.15, 0.2) is 39.2 Å². The minimum Gasteiger partial charge on any atom is -0.337 e. The number of carbonyl (C=O) groups excluding carboxylic acids is 1. The second-order valence-electron chi connectivity index (χ2n) is 6.59. The molecule has 148 valence electrons. The van der Waals surface area contributed by atoms with Crippen LogP contribution in [0.3, 0.4) is 0 Å².